The summed E-state index contributed by atoms with van der Waals surface area (Å²) >= 11 is 0. The highest BCUT2D eigenvalue weighted by Crippen LogP contribution is 2.12. The van der Waals surface area contributed by atoms with Crippen LogP contribution in [0.15, 0.2) is 0 Å². The second-order valence-corrected chi connectivity index (χ2v) is 1.62. The van der Waals surface area contributed by atoms with Crippen LogP contribution in [-0.2, 0) is 4.74 Å². The zero-order valence-corrected chi connectivity index (χ0v) is 3.68. The van der Waals surface area contributed by atoms with Crippen LogP contribution in [-0.4, -0.2) is 21.1 Å². The van der Waals surface area contributed by atoms with E-state index in [4.69, 9.17) is 12.6 Å². The van der Waals surface area contributed by atoms with Gasteiger partial charge in [0.05, 0.1) is 7.85 Å². The first kappa shape index (κ1) is 4.19. The van der Waals surface area contributed by atoms with Gasteiger partial charge in [-0.15, -0.1) is 0 Å². The van der Waals surface area contributed by atoms with E-state index < -0.39 is 0 Å². The van der Waals surface area contributed by atoms with Crippen LogP contribution in [0, 0.1) is 0 Å². The first-order valence-corrected chi connectivity index (χ1v) is 2.23. The van der Waals surface area contributed by atoms with Crippen molar-refractivity contribution < 1.29 is 4.74 Å². The zero-order valence-electron chi connectivity index (χ0n) is 3.68. The molecular formula is C4H7BO. The van der Waals surface area contributed by atoms with Crippen molar-refractivity contribution in [2.45, 2.75) is 12.2 Å². The van der Waals surface area contributed by atoms with E-state index in [1.807, 2.05) is 0 Å². The Balaban J connectivity index is 2.18. The standard InChI is InChI=1S/C4H7BO/c5-4-1-2-6-3-4/h4H,1-3H2/t4-/m1/s1. The molecule has 1 atom stereocenters. The molecule has 0 amide bonds. The van der Waals surface area contributed by atoms with E-state index in [9.17, 15) is 0 Å². The zero-order chi connectivity index (χ0) is 4.41. The number of hydrogen-bond donors (Lipinski definition) is 0. The van der Waals surface area contributed by atoms with Crippen molar-refractivity contribution in [2.24, 2.45) is 0 Å². The van der Waals surface area contributed by atoms with Gasteiger partial charge in [-0.3, -0.25) is 0 Å². The molecule has 0 unspecified atom stereocenters. The summed E-state index contributed by atoms with van der Waals surface area (Å²) in [6.07, 6.45) is 1.04. The molecule has 6 heavy (non-hydrogen) atoms. The molecule has 2 heteroatoms. The fraction of sp³-hybridized carbons (Fsp3) is 1.00. The molecule has 0 bridgehead atoms. The molecule has 1 aliphatic rings. The van der Waals surface area contributed by atoms with E-state index in [1.54, 1.807) is 0 Å². The molecule has 0 spiro atoms. The van der Waals surface area contributed by atoms with Crippen LogP contribution in [0.2, 0.25) is 5.82 Å². The molecule has 32 valence electrons. The first-order valence-electron chi connectivity index (χ1n) is 2.23. The van der Waals surface area contributed by atoms with Crippen molar-refractivity contribution in [3.05, 3.63) is 0 Å². The monoisotopic (exact) mass is 82.1 g/mol. The van der Waals surface area contributed by atoms with Crippen LogP contribution in [0.25, 0.3) is 0 Å². The Morgan fingerprint density at radius 1 is 1.67 bits per heavy atom. The second kappa shape index (κ2) is 1.65. The Morgan fingerprint density at radius 3 is 2.67 bits per heavy atom. The van der Waals surface area contributed by atoms with Crippen molar-refractivity contribution in [3.8, 4) is 0 Å². The highest BCUT2D eigenvalue weighted by molar-refractivity contribution is 6.11. The Bertz CT molecular complexity index is 40.8. The minimum absolute atomic E-state index is 0.324. The fourth-order valence-corrected chi connectivity index (χ4v) is 0.553. The van der Waals surface area contributed by atoms with Crippen molar-refractivity contribution in [1.82, 2.24) is 0 Å². The normalized spacial score (nSPS) is 34.3. The summed E-state index contributed by atoms with van der Waals surface area (Å²) < 4.78 is 4.93. The lowest BCUT2D eigenvalue weighted by Gasteiger charge is -1.89. The van der Waals surface area contributed by atoms with Crippen LogP contribution >= 0.6 is 0 Å². The predicted octanol–water partition coefficient (Wildman–Crippen LogP) is 0.364. The van der Waals surface area contributed by atoms with Crippen molar-refractivity contribution in [3.63, 3.8) is 0 Å². The van der Waals surface area contributed by atoms with E-state index in [0.29, 0.717) is 5.82 Å². The molecule has 2 radical (unpaired) electrons. The quantitative estimate of drug-likeness (QED) is 0.383. The summed E-state index contributed by atoms with van der Waals surface area (Å²) in [6.45, 7) is 1.63. The molecule has 0 N–H and O–H groups in total. The molecule has 0 aromatic carbocycles. The lowest BCUT2D eigenvalue weighted by Crippen LogP contribution is -1.86. The van der Waals surface area contributed by atoms with Crippen molar-refractivity contribution in [2.75, 3.05) is 13.2 Å². The molecule has 1 fully saturated rings. The lowest BCUT2D eigenvalue weighted by molar-refractivity contribution is 0.198. The summed E-state index contributed by atoms with van der Waals surface area (Å²) in [5, 5.41) is 0. The van der Waals surface area contributed by atoms with Gasteiger partial charge in [-0.25, -0.2) is 0 Å². The third-order valence-electron chi connectivity index (χ3n) is 0.965. The third kappa shape index (κ3) is 0.746. The Morgan fingerprint density at radius 2 is 2.50 bits per heavy atom. The average molecular weight is 81.9 g/mol. The first-order chi connectivity index (χ1) is 2.89. The number of ether oxygens (including phenoxy) is 1. The van der Waals surface area contributed by atoms with E-state index in [-0.39, 0.29) is 0 Å². The van der Waals surface area contributed by atoms with Gasteiger partial charge in [0.25, 0.3) is 0 Å². The highest BCUT2D eigenvalue weighted by atomic mass is 16.5. The van der Waals surface area contributed by atoms with Crippen LogP contribution in [0.1, 0.15) is 6.42 Å². The van der Waals surface area contributed by atoms with Gasteiger partial charge in [0.2, 0.25) is 0 Å². The summed E-state index contributed by atoms with van der Waals surface area (Å²) in [6, 6.07) is 0. The average Bonchev–Trinajstić information content (AvgIpc) is 1.86. The summed E-state index contributed by atoms with van der Waals surface area (Å²) in [5.41, 5.74) is 0. The molecule has 0 aliphatic carbocycles. The van der Waals surface area contributed by atoms with Crippen molar-refractivity contribution in [1.29, 1.82) is 0 Å². The van der Waals surface area contributed by atoms with E-state index in [2.05, 4.69) is 0 Å². The van der Waals surface area contributed by atoms with Gasteiger partial charge in [0.1, 0.15) is 0 Å². The largest absolute Gasteiger partial charge is 0.382 e. The Labute approximate surface area is 39.1 Å². The third-order valence-corrected chi connectivity index (χ3v) is 0.965. The highest BCUT2D eigenvalue weighted by Gasteiger charge is 2.07. The van der Waals surface area contributed by atoms with Gasteiger partial charge in [-0.05, 0) is 6.42 Å². The minimum Gasteiger partial charge on any atom is -0.382 e. The maximum Gasteiger partial charge on any atom is 0.0731 e. The smallest absolute Gasteiger partial charge is 0.0731 e. The number of hydrogen-bond acceptors (Lipinski definition) is 1. The van der Waals surface area contributed by atoms with E-state index in [0.717, 1.165) is 19.6 Å². The molecular weight excluding hydrogens is 74.9 g/mol. The maximum absolute atomic E-state index is 5.41. The molecule has 0 aromatic rings. The van der Waals surface area contributed by atoms with Gasteiger partial charge < -0.3 is 4.74 Å². The van der Waals surface area contributed by atoms with Crippen LogP contribution < -0.4 is 0 Å². The van der Waals surface area contributed by atoms with Gasteiger partial charge >= 0.3 is 0 Å². The van der Waals surface area contributed by atoms with Gasteiger partial charge in [-0.1, -0.05) is 5.82 Å². The minimum atomic E-state index is 0.324. The molecule has 1 heterocycles. The molecule has 1 aliphatic heterocycles. The van der Waals surface area contributed by atoms with Gasteiger partial charge in [0, 0.05) is 13.2 Å². The molecule has 0 saturated carbocycles. The fourth-order valence-electron chi connectivity index (χ4n) is 0.553. The van der Waals surface area contributed by atoms with Crippen LogP contribution in [0.3, 0.4) is 0 Å². The molecule has 1 saturated heterocycles. The molecule has 1 rings (SSSR count). The van der Waals surface area contributed by atoms with Crippen LogP contribution in [0.5, 0.6) is 0 Å². The van der Waals surface area contributed by atoms with Gasteiger partial charge in [0.15, 0.2) is 0 Å². The molecule has 1 nitrogen and oxygen atoms in total. The maximum atomic E-state index is 5.41. The van der Waals surface area contributed by atoms with Crippen LogP contribution in [0.4, 0.5) is 0 Å². The van der Waals surface area contributed by atoms with Crippen molar-refractivity contribution >= 4 is 7.85 Å². The second-order valence-electron chi connectivity index (χ2n) is 1.62. The Hall–Kier alpha value is 0.0249. The topological polar surface area (TPSA) is 9.23 Å². The summed E-state index contributed by atoms with van der Waals surface area (Å²) in [4.78, 5) is 0. The lowest BCUT2D eigenvalue weighted by atomic mass is 9.87. The summed E-state index contributed by atoms with van der Waals surface area (Å²) in [5.74, 6) is 0.324. The Kier molecular flexibility index (Phi) is 1.15. The van der Waals surface area contributed by atoms with E-state index >= 15 is 0 Å². The number of rotatable bonds is 0. The molecule has 0 aromatic heterocycles. The van der Waals surface area contributed by atoms with Gasteiger partial charge in [-0.2, -0.15) is 0 Å². The van der Waals surface area contributed by atoms with E-state index in [1.165, 1.54) is 0 Å². The summed E-state index contributed by atoms with van der Waals surface area (Å²) in [7, 11) is 5.41. The predicted molar refractivity (Wildman–Crippen MR) is 24.9 cm³/mol. The SMILES string of the molecule is [B][C@@H]1CCOC1.